The third kappa shape index (κ3) is 10.1. The van der Waals surface area contributed by atoms with Crippen LogP contribution in [0.5, 0.6) is 11.5 Å². The second kappa shape index (κ2) is 20.3. The number of hydrogen-bond acceptors (Lipinski definition) is 11. The van der Waals surface area contributed by atoms with E-state index in [4.69, 9.17) is 25.9 Å². The minimum absolute atomic E-state index is 0. The van der Waals surface area contributed by atoms with E-state index in [-0.39, 0.29) is 66.8 Å². The fourth-order valence-corrected chi connectivity index (χ4v) is 7.70. The molecular formula is C44H50ClN13O8. The number of nitrogens with zero attached hydrogens (tertiary/aromatic N) is 9. The average Bonchev–Trinajstić information content (AvgIpc) is 4.05. The van der Waals surface area contributed by atoms with Crippen LogP contribution in [-0.4, -0.2) is 105 Å². The molecule has 1 fully saturated rings. The zero-order valence-electron chi connectivity index (χ0n) is 37.0. The lowest BCUT2D eigenvalue weighted by Gasteiger charge is -2.27. The number of piperidine rings is 1. The fraction of sp³-hybridized carbons (Fsp3) is 0.341. The number of halogens is 1. The van der Waals surface area contributed by atoms with Crippen LogP contribution in [0.1, 0.15) is 79.8 Å². The van der Waals surface area contributed by atoms with E-state index < -0.39 is 29.7 Å². The molecule has 0 saturated carbocycles. The standard InChI is InChI=1S/C44H49N13O8.ClH/c1-6-56-32(19-25(3)51-56)40(60)49-42-47-30-21-28(38(45)58)23-34(64-5)36(30)54(42)14-8-9-15-55-37-31(48-43(55)50-41(61)33-20-26(4)52-57(33)7-2)22-29(39(46)59)24-35(37)65-18-10-11-27-12-16-53(17-13-27)44(62)63;/h8-9,19-24,27H,6-7,12-18H2,1-5H3,(H2,45,58)(H2,46,59)(H,62,63)(H,47,49,60)(H,48,50,61);1H/b9-8+;. The normalized spacial score (nSPS) is 12.8. The van der Waals surface area contributed by atoms with Crippen LogP contribution in [0.15, 0.2) is 48.6 Å². The molecule has 346 valence electrons. The number of methoxy groups -OCH3 is 1. The number of rotatable bonds is 15. The molecule has 0 spiro atoms. The van der Waals surface area contributed by atoms with Crippen molar-refractivity contribution < 1.29 is 38.6 Å². The van der Waals surface area contributed by atoms with Crippen molar-refractivity contribution >= 4 is 76.1 Å². The van der Waals surface area contributed by atoms with Gasteiger partial charge < -0.3 is 40.1 Å². The van der Waals surface area contributed by atoms with Crippen LogP contribution >= 0.6 is 12.4 Å². The highest BCUT2D eigenvalue weighted by Crippen LogP contribution is 2.33. The van der Waals surface area contributed by atoms with E-state index in [2.05, 4.69) is 37.7 Å². The summed E-state index contributed by atoms with van der Waals surface area (Å²) in [6, 6.07) is 9.35. The van der Waals surface area contributed by atoms with Crippen LogP contribution in [0.2, 0.25) is 0 Å². The Morgan fingerprint density at radius 3 is 1.68 bits per heavy atom. The van der Waals surface area contributed by atoms with Gasteiger partial charge in [-0.25, -0.2) is 14.8 Å². The Morgan fingerprint density at radius 1 is 0.773 bits per heavy atom. The van der Waals surface area contributed by atoms with Crippen molar-refractivity contribution in [1.29, 1.82) is 0 Å². The maximum Gasteiger partial charge on any atom is 0.407 e. The number of nitrogens with one attached hydrogen (secondary N) is 2. The summed E-state index contributed by atoms with van der Waals surface area (Å²) < 4.78 is 18.5. The van der Waals surface area contributed by atoms with Crippen LogP contribution < -0.4 is 31.6 Å². The molecular weight excluding hydrogens is 874 g/mol. The van der Waals surface area contributed by atoms with Gasteiger partial charge in [0.2, 0.25) is 23.7 Å². The fourth-order valence-electron chi connectivity index (χ4n) is 7.70. The number of aromatic nitrogens is 8. The Balaban J connectivity index is 0.00000720. The van der Waals surface area contributed by atoms with Crippen LogP contribution in [-0.2, 0) is 26.2 Å². The molecule has 4 aromatic heterocycles. The maximum atomic E-state index is 13.8. The van der Waals surface area contributed by atoms with E-state index in [1.165, 1.54) is 36.3 Å². The van der Waals surface area contributed by atoms with Gasteiger partial charge in [-0.2, -0.15) is 10.2 Å². The molecule has 21 nitrogen and oxygen atoms in total. The third-order valence-electron chi connectivity index (χ3n) is 10.8. The number of imidazole rings is 2. The summed E-state index contributed by atoms with van der Waals surface area (Å²) in [6.07, 6.45) is 3.84. The molecule has 6 aromatic rings. The SMILES string of the molecule is CCn1nc(C)cc1C(=O)Nc1nc2cc(C(N)=O)cc(OC)c2n1C/C=C/Cn1c(NC(=O)c2cc(C)nn2CC)nc2cc(C(N)=O)cc(OCC#CC3CCN(C(=O)O)CC3)c21.Cl. The van der Waals surface area contributed by atoms with Gasteiger partial charge in [-0.05, 0) is 76.9 Å². The first kappa shape index (κ1) is 47.6. The zero-order chi connectivity index (χ0) is 46.5. The Kier molecular flexibility index (Phi) is 14.7. The van der Waals surface area contributed by atoms with Gasteiger partial charge in [0.25, 0.3) is 11.8 Å². The molecule has 1 aliphatic heterocycles. The first-order valence-corrected chi connectivity index (χ1v) is 20.9. The molecule has 0 unspecified atom stereocenters. The van der Waals surface area contributed by atoms with E-state index >= 15 is 0 Å². The Hall–Kier alpha value is -7.86. The lowest BCUT2D eigenvalue weighted by Crippen LogP contribution is -2.37. The Bertz CT molecular complexity index is 2940. The number of nitrogens with two attached hydrogens (primary N) is 2. The lowest BCUT2D eigenvalue weighted by molar-refractivity contribution is 0.0991. The van der Waals surface area contributed by atoms with Gasteiger partial charge >= 0.3 is 6.09 Å². The Morgan fingerprint density at radius 2 is 1.24 bits per heavy atom. The molecule has 7 rings (SSSR count). The number of anilines is 2. The first-order valence-electron chi connectivity index (χ1n) is 20.9. The number of aryl methyl sites for hydroxylation is 4. The monoisotopic (exact) mass is 923 g/mol. The van der Waals surface area contributed by atoms with Gasteiger partial charge in [-0.3, -0.25) is 39.2 Å². The number of hydrogen-bond donors (Lipinski definition) is 5. The van der Waals surface area contributed by atoms with Gasteiger partial charge in [-0.15, -0.1) is 12.4 Å². The van der Waals surface area contributed by atoms with E-state index in [1.807, 2.05) is 26.0 Å². The predicted molar refractivity (Wildman–Crippen MR) is 246 cm³/mol. The highest BCUT2D eigenvalue weighted by atomic mass is 35.5. The number of amides is 5. The molecule has 5 heterocycles. The summed E-state index contributed by atoms with van der Waals surface area (Å²) in [5.41, 5.74) is 15.2. The van der Waals surface area contributed by atoms with Crippen LogP contribution in [0.4, 0.5) is 16.7 Å². The van der Waals surface area contributed by atoms with E-state index in [9.17, 15) is 29.1 Å². The Labute approximate surface area is 384 Å². The summed E-state index contributed by atoms with van der Waals surface area (Å²) in [7, 11) is 1.45. The molecule has 0 aliphatic carbocycles. The number of carbonyl (C=O) groups excluding carboxylic acids is 4. The second-order valence-electron chi connectivity index (χ2n) is 15.2. The molecule has 2 aromatic carbocycles. The first-order chi connectivity index (χ1) is 31.2. The van der Waals surface area contributed by atoms with Crippen LogP contribution in [0, 0.1) is 31.6 Å². The molecule has 0 bridgehead atoms. The van der Waals surface area contributed by atoms with E-state index in [0.717, 1.165) is 0 Å². The number of likely N-dealkylation sites (tertiary alicyclic amines) is 1. The summed E-state index contributed by atoms with van der Waals surface area (Å²) >= 11 is 0. The molecule has 1 aliphatic rings. The minimum atomic E-state index is -0.956. The highest BCUT2D eigenvalue weighted by molar-refractivity contribution is 6.05. The summed E-state index contributed by atoms with van der Waals surface area (Å²) in [4.78, 5) is 74.5. The quantitative estimate of drug-likeness (QED) is 0.0699. The summed E-state index contributed by atoms with van der Waals surface area (Å²) in [5.74, 6) is 4.66. The smallest absolute Gasteiger partial charge is 0.407 e. The van der Waals surface area contributed by atoms with Crippen LogP contribution in [0.25, 0.3) is 22.1 Å². The van der Waals surface area contributed by atoms with Gasteiger partial charge in [0.1, 0.15) is 40.5 Å². The van der Waals surface area contributed by atoms with Gasteiger partial charge in [0.05, 0.1) is 29.5 Å². The largest absolute Gasteiger partial charge is 0.494 e. The number of carboxylic acid groups (broad SMARTS) is 1. The third-order valence-corrected chi connectivity index (χ3v) is 10.8. The number of carbonyl (C=O) groups is 5. The maximum absolute atomic E-state index is 13.8. The van der Waals surface area contributed by atoms with E-state index in [0.29, 0.717) is 89.6 Å². The van der Waals surface area contributed by atoms with Crippen LogP contribution in [0.3, 0.4) is 0 Å². The average molecular weight is 924 g/mol. The van der Waals surface area contributed by atoms with Crippen molar-refractivity contribution in [2.45, 2.75) is 66.7 Å². The predicted octanol–water partition coefficient (Wildman–Crippen LogP) is 4.60. The molecule has 0 radical (unpaired) electrons. The number of allylic oxidation sites excluding steroid dienone is 2. The van der Waals surface area contributed by atoms with Crippen molar-refractivity contribution in [3.05, 3.63) is 82.5 Å². The number of ether oxygens (including phenoxy) is 2. The molecule has 22 heteroatoms. The van der Waals surface area contributed by atoms with Crippen molar-refractivity contribution in [3.63, 3.8) is 0 Å². The molecule has 7 N–H and O–H groups in total. The summed E-state index contributed by atoms with van der Waals surface area (Å²) in [5, 5.41) is 23.9. The lowest BCUT2D eigenvalue weighted by atomic mass is 9.98. The second-order valence-corrected chi connectivity index (χ2v) is 15.2. The molecule has 5 amide bonds. The van der Waals surface area contributed by atoms with Crippen molar-refractivity contribution in [2.75, 3.05) is 37.4 Å². The van der Waals surface area contributed by atoms with Crippen molar-refractivity contribution in [2.24, 2.45) is 17.4 Å². The minimum Gasteiger partial charge on any atom is -0.494 e. The van der Waals surface area contributed by atoms with Gasteiger partial charge in [-0.1, -0.05) is 24.0 Å². The molecule has 66 heavy (non-hydrogen) atoms. The number of benzene rings is 2. The highest BCUT2D eigenvalue weighted by Gasteiger charge is 2.24. The molecule has 0 atom stereocenters. The number of primary amides is 2. The van der Waals surface area contributed by atoms with E-state index in [1.54, 1.807) is 44.5 Å². The van der Waals surface area contributed by atoms with Crippen molar-refractivity contribution in [1.82, 2.24) is 43.6 Å². The topological polar surface area (TPSA) is 275 Å². The number of fused-ring (bicyclic) bond motifs is 2. The van der Waals surface area contributed by atoms with Gasteiger partial charge in [0, 0.05) is 56.3 Å². The molecule has 1 saturated heterocycles. The zero-order valence-corrected chi connectivity index (χ0v) is 37.8. The summed E-state index contributed by atoms with van der Waals surface area (Å²) in [6.45, 7) is 9.15. The van der Waals surface area contributed by atoms with Crippen molar-refractivity contribution in [3.8, 4) is 23.3 Å². The van der Waals surface area contributed by atoms with Gasteiger partial charge in [0.15, 0.2) is 0 Å².